The molecule has 130 valence electrons. The van der Waals surface area contributed by atoms with E-state index in [-0.39, 0.29) is 0 Å². The van der Waals surface area contributed by atoms with Crippen molar-refractivity contribution in [3.8, 4) is 0 Å². The van der Waals surface area contributed by atoms with Crippen LogP contribution < -0.4 is 4.90 Å². The monoisotopic (exact) mass is 420 g/mol. The molecule has 1 aliphatic rings. The van der Waals surface area contributed by atoms with Crippen molar-refractivity contribution >= 4 is 44.4 Å². The molecule has 1 saturated heterocycles. The van der Waals surface area contributed by atoms with E-state index in [0.717, 1.165) is 59.1 Å². The van der Waals surface area contributed by atoms with Gasteiger partial charge in [0.2, 0.25) is 0 Å². The smallest absolute Gasteiger partial charge is 0.163 e. The van der Waals surface area contributed by atoms with Crippen molar-refractivity contribution in [3.05, 3.63) is 45.8 Å². The van der Waals surface area contributed by atoms with E-state index < -0.39 is 0 Å². The predicted octanol–water partition coefficient (Wildman–Crippen LogP) is 3.10. The minimum Gasteiger partial charge on any atom is -0.353 e. The zero-order chi connectivity index (χ0) is 17.4. The normalized spacial score (nSPS) is 15.9. The molecule has 0 radical (unpaired) electrons. The van der Waals surface area contributed by atoms with Gasteiger partial charge in [-0.2, -0.15) is 5.10 Å². The molecular formula is C17H18BrClN6. The summed E-state index contributed by atoms with van der Waals surface area (Å²) in [6.45, 7) is 4.76. The van der Waals surface area contributed by atoms with Crippen molar-refractivity contribution in [3.63, 3.8) is 0 Å². The summed E-state index contributed by atoms with van der Waals surface area (Å²) >= 11 is 9.63. The standard InChI is InChI=1S/C17H18BrClN6/c1-23-16-14(9-22-23)17(21-11-20-16)25-6-4-24(5-7-25)10-12-2-3-13(19)8-15(12)18/h2-3,8-9,11H,4-7,10H2,1H3. The lowest BCUT2D eigenvalue weighted by Gasteiger charge is -2.35. The largest absolute Gasteiger partial charge is 0.353 e. The zero-order valence-electron chi connectivity index (χ0n) is 13.9. The molecule has 25 heavy (non-hydrogen) atoms. The van der Waals surface area contributed by atoms with Crippen molar-refractivity contribution in [1.82, 2.24) is 24.6 Å². The van der Waals surface area contributed by atoms with Crippen LogP contribution in [0.25, 0.3) is 11.0 Å². The molecular weight excluding hydrogens is 404 g/mol. The average molecular weight is 422 g/mol. The number of anilines is 1. The van der Waals surface area contributed by atoms with Crippen LogP contribution in [0, 0.1) is 0 Å². The van der Waals surface area contributed by atoms with Gasteiger partial charge >= 0.3 is 0 Å². The molecule has 0 atom stereocenters. The Morgan fingerprint density at radius 2 is 1.96 bits per heavy atom. The lowest BCUT2D eigenvalue weighted by molar-refractivity contribution is 0.249. The van der Waals surface area contributed by atoms with Crippen molar-refractivity contribution in [2.75, 3.05) is 31.1 Å². The van der Waals surface area contributed by atoms with Crippen LogP contribution in [-0.2, 0) is 13.6 Å². The number of aryl methyl sites for hydroxylation is 1. The number of aromatic nitrogens is 4. The highest BCUT2D eigenvalue weighted by Crippen LogP contribution is 2.25. The summed E-state index contributed by atoms with van der Waals surface area (Å²) in [6, 6.07) is 5.98. The second kappa shape index (κ2) is 6.90. The van der Waals surface area contributed by atoms with E-state index in [9.17, 15) is 0 Å². The number of benzene rings is 1. The molecule has 0 aliphatic carbocycles. The number of nitrogens with zero attached hydrogens (tertiary/aromatic N) is 6. The van der Waals surface area contributed by atoms with Gasteiger partial charge in [-0.15, -0.1) is 0 Å². The maximum atomic E-state index is 6.03. The summed E-state index contributed by atoms with van der Waals surface area (Å²) in [6.07, 6.45) is 3.47. The van der Waals surface area contributed by atoms with Gasteiger partial charge < -0.3 is 4.90 Å². The first-order chi connectivity index (χ1) is 12.1. The molecule has 0 unspecified atom stereocenters. The Balaban J connectivity index is 1.46. The fourth-order valence-corrected chi connectivity index (χ4v) is 4.02. The number of halogens is 2. The maximum Gasteiger partial charge on any atom is 0.163 e. The fraction of sp³-hybridized carbons (Fsp3) is 0.353. The summed E-state index contributed by atoms with van der Waals surface area (Å²) < 4.78 is 2.85. The summed E-state index contributed by atoms with van der Waals surface area (Å²) in [7, 11) is 1.90. The maximum absolute atomic E-state index is 6.03. The Hall–Kier alpha value is -1.70. The van der Waals surface area contributed by atoms with E-state index in [1.54, 1.807) is 11.0 Å². The number of hydrogen-bond acceptors (Lipinski definition) is 5. The molecule has 4 rings (SSSR count). The highest BCUT2D eigenvalue weighted by atomic mass is 79.9. The SMILES string of the molecule is Cn1ncc2c(N3CCN(Cc4ccc(Cl)cc4Br)CC3)ncnc21. The van der Waals surface area contributed by atoms with Crippen LogP contribution in [0.4, 0.5) is 5.82 Å². The molecule has 3 heterocycles. The number of hydrogen-bond donors (Lipinski definition) is 0. The van der Waals surface area contributed by atoms with E-state index in [2.05, 4.69) is 46.9 Å². The first-order valence-electron chi connectivity index (χ1n) is 8.16. The van der Waals surface area contributed by atoms with Crippen molar-refractivity contribution in [2.45, 2.75) is 6.54 Å². The Kier molecular flexibility index (Phi) is 4.62. The second-order valence-electron chi connectivity index (χ2n) is 6.20. The number of piperazine rings is 1. The van der Waals surface area contributed by atoms with E-state index in [4.69, 9.17) is 11.6 Å². The van der Waals surface area contributed by atoms with Gasteiger partial charge in [-0.05, 0) is 17.7 Å². The summed E-state index contributed by atoms with van der Waals surface area (Å²) in [5, 5.41) is 6.07. The van der Waals surface area contributed by atoms with Crippen LogP contribution in [0.15, 0.2) is 35.2 Å². The Bertz CT molecular complexity index is 903. The Morgan fingerprint density at radius 3 is 2.72 bits per heavy atom. The minimum atomic E-state index is 0.754. The van der Waals surface area contributed by atoms with Crippen LogP contribution in [0.3, 0.4) is 0 Å². The summed E-state index contributed by atoms with van der Waals surface area (Å²) in [5.74, 6) is 0.977. The zero-order valence-corrected chi connectivity index (χ0v) is 16.2. The molecule has 0 amide bonds. The highest BCUT2D eigenvalue weighted by Gasteiger charge is 2.21. The van der Waals surface area contributed by atoms with Crippen LogP contribution in [0.1, 0.15) is 5.56 Å². The quantitative estimate of drug-likeness (QED) is 0.650. The molecule has 6 nitrogen and oxygen atoms in total. The molecule has 8 heteroatoms. The Labute approximate surface area is 159 Å². The molecule has 3 aromatic rings. The third kappa shape index (κ3) is 3.36. The third-order valence-corrected chi connectivity index (χ3v) is 5.56. The first kappa shape index (κ1) is 16.8. The van der Waals surface area contributed by atoms with E-state index >= 15 is 0 Å². The molecule has 1 fully saturated rings. The van der Waals surface area contributed by atoms with Gasteiger partial charge in [0, 0.05) is 49.3 Å². The van der Waals surface area contributed by atoms with Gasteiger partial charge in [-0.25, -0.2) is 9.97 Å². The topological polar surface area (TPSA) is 50.1 Å². The average Bonchev–Trinajstić information content (AvgIpc) is 3.00. The molecule has 0 spiro atoms. The van der Waals surface area contributed by atoms with Gasteiger partial charge in [0.1, 0.15) is 12.1 Å². The van der Waals surface area contributed by atoms with Crippen LogP contribution >= 0.6 is 27.5 Å². The van der Waals surface area contributed by atoms with Crippen molar-refractivity contribution < 1.29 is 0 Å². The van der Waals surface area contributed by atoms with Gasteiger partial charge in [-0.1, -0.05) is 33.6 Å². The molecule has 0 bridgehead atoms. The number of rotatable bonds is 3. The third-order valence-electron chi connectivity index (χ3n) is 4.59. The van der Waals surface area contributed by atoms with Crippen LogP contribution in [0.5, 0.6) is 0 Å². The van der Waals surface area contributed by atoms with Gasteiger partial charge in [0.25, 0.3) is 0 Å². The minimum absolute atomic E-state index is 0.754. The van der Waals surface area contributed by atoms with Gasteiger partial charge in [0.05, 0.1) is 11.6 Å². The van der Waals surface area contributed by atoms with Gasteiger partial charge in [-0.3, -0.25) is 9.58 Å². The first-order valence-corrected chi connectivity index (χ1v) is 9.33. The van der Waals surface area contributed by atoms with Crippen LogP contribution in [-0.4, -0.2) is 50.8 Å². The molecule has 2 aromatic heterocycles. The molecule has 1 aromatic carbocycles. The second-order valence-corrected chi connectivity index (χ2v) is 7.49. The lowest BCUT2D eigenvalue weighted by atomic mass is 10.2. The Morgan fingerprint density at radius 1 is 1.16 bits per heavy atom. The summed E-state index contributed by atoms with van der Waals surface area (Å²) in [4.78, 5) is 13.6. The molecule has 0 saturated carbocycles. The fourth-order valence-electron chi connectivity index (χ4n) is 3.21. The molecule has 0 N–H and O–H groups in total. The van der Waals surface area contributed by atoms with Crippen LogP contribution in [0.2, 0.25) is 5.02 Å². The highest BCUT2D eigenvalue weighted by molar-refractivity contribution is 9.10. The number of fused-ring (bicyclic) bond motifs is 1. The lowest BCUT2D eigenvalue weighted by Crippen LogP contribution is -2.46. The van der Waals surface area contributed by atoms with Crippen molar-refractivity contribution in [2.24, 2.45) is 7.05 Å². The van der Waals surface area contributed by atoms with E-state index in [1.165, 1.54) is 5.56 Å². The predicted molar refractivity (Wildman–Crippen MR) is 103 cm³/mol. The summed E-state index contributed by atoms with van der Waals surface area (Å²) in [5.41, 5.74) is 2.13. The molecule has 1 aliphatic heterocycles. The van der Waals surface area contributed by atoms with E-state index in [0.29, 0.717) is 0 Å². The van der Waals surface area contributed by atoms with Crippen molar-refractivity contribution in [1.29, 1.82) is 0 Å². The van der Waals surface area contributed by atoms with E-state index in [1.807, 2.05) is 25.4 Å². The van der Waals surface area contributed by atoms with Gasteiger partial charge in [0.15, 0.2) is 5.65 Å².